The van der Waals surface area contributed by atoms with E-state index >= 15 is 0 Å². The Morgan fingerprint density at radius 2 is 2.00 bits per heavy atom. The number of benzene rings is 1. The summed E-state index contributed by atoms with van der Waals surface area (Å²) in [7, 11) is 0. The smallest absolute Gasteiger partial charge is 0.221 e. The summed E-state index contributed by atoms with van der Waals surface area (Å²) in [5.41, 5.74) is 2.70. The van der Waals surface area contributed by atoms with Gasteiger partial charge in [-0.05, 0) is 50.4 Å². The number of hydrogen-bond acceptors (Lipinski definition) is 3. The Morgan fingerprint density at radius 3 is 2.68 bits per heavy atom. The summed E-state index contributed by atoms with van der Waals surface area (Å²) in [6, 6.07) is 10.7. The standard InChI is InChI=1S/C20H28N4O/c1-17-3-5-19(6-4-17)16-23-12-7-18(8-13-23)15-21-20(25)9-14-24-11-2-10-22-24/h2-6,10-11,18H,7-9,12-16H2,1H3,(H,21,25). The van der Waals surface area contributed by atoms with Crippen LogP contribution >= 0.6 is 0 Å². The van der Waals surface area contributed by atoms with Gasteiger partial charge in [-0.2, -0.15) is 5.10 Å². The third-order valence-corrected chi connectivity index (χ3v) is 4.95. The van der Waals surface area contributed by atoms with Gasteiger partial charge in [-0.25, -0.2) is 0 Å². The van der Waals surface area contributed by atoms with Crippen LogP contribution in [0.4, 0.5) is 0 Å². The Kier molecular flexibility index (Phi) is 6.23. The first-order valence-electron chi connectivity index (χ1n) is 9.21. The van der Waals surface area contributed by atoms with Gasteiger partial charge in [-0.15, -0.1) is 0 Å². The highest BCUT2D eigenvalue weighted by molar-refractivity contribution is 5.75. The normalized spacial score (nSPS) is 16.0. The van der Waals surface area contributed by atoms with Gasteiger partial charge in [0.15, 0.2) is 0 Å². The number of aryl methyl sites for hydroxylation is 2. The zero-order chi connectivity index (χ0) is 17.5. The van der Waals surface area contributed by atoms with Crippen LogP contribution in [0.2, 0.25) is 0 Å². The minimum atomic E-state index is 0.123. The molecular formula is C20H28N4O. The lowest BCUT2D eigenvalue weighted by Gasteiger charge is -2.32. The zero-order valence-corrected chi connectivity index (χ0v) is 15.0. The Labute approximate surface area is 150 Å². The third-order valence-electron chi connectivity index (χ3n) is 4.95. The molecule has 0 atom stereocenters. The molecule has 1 aromatic heterocycles. The third kappa shape index (κ3) is 5.71. The van der Waals surface area contributed by atoms with Gasteiger partial charge in [0.05, 0.1) is 0 Å². The lowest BCUT2D eigenvalue weighted by molar-refractivity contribution is -0.121. The number of amides is 1. The Hall–Kier alpha value is -2.14. The van der Waals surface area contributed by atoms with Crippen molar-refractivity contribution in [3.05, 3.63) is 53.9 Å². The average Bonchev–Trinajstić information content (AvgIpc) is 3.15. The highest BCUT2D eigenvalue weighted by Gasteiger charge is 2.19. The van der Waals surface area contributed by atoms with Crippen LogP contribution in [0.5, 0.6) is 0 Å². The van der Waals surface area contributed by atoms with Gasteiger partial charge in [-0.3, -0.25) is 14.4 Å². The number of nitrogens with one attached hydrogen (secondary N) is 1. The van der Waals surface area contributed by atoms with E-state index in [2.05, 4.69) is 46.5 Å². The number of aromatic nitrogens is 2. The van der Waals surface area contributed by atoms with Crippen LogP contribution in [0.25, 0.3) is 0 Å². The van der Waals surface area contributed by atoms with Crippen molar-refractivity contribution in [2.45, 2.75) is 39.3 Å². The maximum Gasteiger partial charge on any atom is 0.221 e. The Bertz CT molecular complexity index is 643. The second-order valence-corrected chi connectivity index (χ2v) is 7.03. The molecule has 0 bridgehead atoms. The number of hydrogen-bond donors (Lipinski definition) is 1. The van der Waals surface area contributed by atoms with E-state index in [-0.39, 0.29) is 5.91 Å². The summed E-state index contributed by atoms with van der Waals surface area (Å²) in [6.45, 7) is 6.83. The molecule has 1 amide bonds. The molecule has 5 heteroatoms. The Morgan fingerprint density at radius 1 is 1.24 bits per heavy atom. The molecule has 1 aromatic carbocycles. The Balaban J connectivity index is 1.32. The van der Waals surface area contributed by atoms with E-state index in [1.807, 2.05) is 12.3 Å². The van der Waals surface area contributed by atoms with Crippen LogP contribution in [0, 0.1) is 12.8 Å². The maximum absolute atomic E-state index is 12.0. The van der Waals surface area contributed by atoms with Gasteiger partial charge < -0.3 is 5.32 Å². The van der Waals surface area contributed by atoms with E-state index in [0.717, 1.165) is 39.0 Å². The van der Waals surface area contributed by atoms with Crippen LogP contribution in [-0.2, 0) is 17.9 Å². The minimum absolute atomic E-state index is 0.123. The molecule has 1 aliphatic heterocycles. The van der Waals surface area contributed by atoms with E-state index in [4.69, 9.17) is 0 Å². The fourth-order valence-electron chi connectivity index (χ4n) is 3.30. The number of nitrogens with zero attached hydrogens (tertiary/aromatic N) is 3. The maximum atomic E-state index is 12.0. The summed E-state index contributed by atoms with van der Waals surface area (Å²) >= 11 is 0. The van der Waals surface area contributed by atoms with Crippen LogP contribution in [0.15, 0.2) is 42.7 Å². The molecule has 25 heavy (non-hydrogen) atoms. The molecular weight excluding hydrogens is 312 g/mol. The topological polar surface area (TPSA) is 50.2 Å². The molecule has 2 heterocycles. The molecule has 1 fully saturated rings. The molecule has 2 aromatic rings. The zero-order valence-electron chi connectivity index (χ0n) is 15.0. The fraction of sp³-hybridized carbons (Fsp3) is 0.500. The van der Waals surface area contributed by atoms with Gasteiger partial charge in [0, 0.05) is 38.4 Å². The first-order chi connectivity index (χ1) is 12.2. The van der Waals surface area contributed by atoms with Crippen LogP contribution in [0.1, 0.15) is 30.4 Å². The lowest BCUT2D eigenvalue weighted by Crippen LogP contribution is -2.38. The van der Waals surface area contributed by atoms with Gasteiger partial charge in [-0.1, -0.05) is 29.8 Å². The molecule has 0 unspecified atom stereocenters. The van der Waals surface area contributed by atoms with Gasteiger partial charge >= 0.3 is 0 Å². The molecule has 5 nitrogen and oxygen atoms in total. The van der Waals surface area contributed by atoms with E-state index in [1.54, 1.807) is 10.9 Å². The van der Waals surface area contributed by atoms with Crippen molar-refractivity contribution in [1.29, 1.82) is 0 Å². The van der Waals surface area contributed by atoms with Gasteiger partial charge in [0.1, 0.15) is 0 Å². The molecule has 1 saturated heterocycles. The van der Waals surface area contributed by atoms with Crippen LogP contribution in [0.3, 0.4) is 0 Å². The summed E-state index contributed by atoms with van der Waals surface area (Å²) in [4.78, 5) is 14.5. The number of piperidine rings is 1. The summed E-state index contributed by atoms with van der Waals surface area (Å²) in [5.74, 6) is 0.723. The molecule has 0 aliphatic carbocycles. The first-order valence-corrected chi connectivity index (χ1v) is 9.21. The quantitative estimate of drug-likeness (QED) is 0.843. The van der Waals surface area contributed by atoms with Gasteiger partial charge in [0.2, 0.25) is 5.91 Å². The van der Waals surface area contributed by atoms with E-state index < -0.39 is 0 Å². The predicted molar refractivity (Wildman–Crippen MR) is 99.0 cm³/mol. The van der Waals surface area contributed by atoms with Crippen molar-refractivity contribution in [3.8, 4) is 0 Å². The molecule has 0 spiro atoms. The highest BCUT2D eigenvalue weighted by Crippen LogP contribution is 2.18. The summed E-state index contributed by atoms with van der Waals surface area (Å²) in [6.07, 6.45) is 6.43. The lowest BCUT2D eigenvalue weighted by atomic mass is 9.96. The summed E-state index contributed by atoms with van der Waals surface area (Å²) in [5, 5.41) is 7.20. The average molecular weight is 340 g/mol. The number of rotatable bonds is 7. The molecule has 0 saturated carbocycles. The molecule has 1 N–H and O–H groups in total. The second-order valence-electron chi connectivity index (χ2n) is 7.03. The van der Waals surface area contributed by atoms with Crippen LogP contribution in [-0.4, -0.2) is 40.2 Å². The molecule has 1 aliphatic rings. The minimum Gasteiger partial charge on any atom is -0.356 e. The highest BCUT2D eigenvalue weighted by atomic mass is 16.1. The van der Waals surface area contributed by atoms with Gasteiger partial charge in [0.25, 0.3) is 0 Å². The molecule has 134 valence electrons. The van der Waals surface area contributed by atoms with Crippen molar-refractivity contribution in [1.82, 2.24) is 20.0 Å². The summed E-state index contributed by atoms with van der Waals surface area (Å²) < 4.78 is 1.79. The van der Waals surface area contributed by atoms with E-state index in [1.165, 1.54) is 11.1 Å². The van der Waals surface area contributed by atoms with Crippen molar-refractivity contribution in [2.75, 3.05) is 19.6 Å². The van der Waals surface area contributed by atoms with E-state index in [9.17, 15) is 4.79 Å². The predicted octanol–water partition coefficient (Wildman–Crippen LogP) is 2.61. The van der Waals surface area contributed by atoms with E-state index in [0.29, 0.717) is 18.9 Å². The van der Waals surface area contributed by atoms with Crippen molar-refractivity contribution >= 4 is 5.91 Å². The second kappa shape index (κ2) is 8.81. The molecule has 0 radical (unpaired) electrons. The molecule has 3 rings (SSSR count). The van der Waals surface area contributed by atoms with Crippen molar-refractivity contribution in [2.24, 2.45) is 5.92 Å². The number of carbonyl (C=O) groups excluding carboxylic acids is 1. The van der Waals surface area contributed by atoms with Crippen molar-refractivity contribution < 1.29 is 4.79 Å². The number of likely N-dealkylation sites (tertiary alicyclic amines) is 1. The monoisotopic (exact) mass is 340 g/mol. The SMILES string of the molecule is Cc1ccc(CN2CCC(CNC(=O)CCn3cccn3)CC2)cc1. The largest absolute Gasteiger partial charge is 0.356 e. The van der Waals surface area contributed by atoms with Crippen LogP contribution < -0.4 is 5.32 Å². The fourth-order valence-corrected chi connectivity index (χ4v) is 3.30. The number of carbonyl (C=O) groups is 1. The first kappa shape index (κ1) is 17.7. The van der Waals surface area contributed by atoms with Crippen molar-refractivity contribution in [3.63, 3.8) is 0 Å².